The van der Waals surface area contributed by atoms with Gasteiger partial charge in [0.05, 0.1) is 0 Å². The minimum atomic E-state index is -0.448. The van der Waals surface area contributed by atoms with Gasteiger partial charge in [-0.2, -0.15) is 0 Å². The number of esters is 1. The zero-order valence-corrected chi connectivity index (χ0v) is 12.8. The maximum absolute atomic E-state index is 12.2. The van der Waals surface area contributed by atoms with Gasteiger partial charge >= 0.3 is 5.97 Å². The number of amides is 2. The monoisotopic (exact) mass is 312 g/mol. The van der Waals surface area contributed by atoms with Crippen molar-refractivity contribution in [3.05, 3.63) is 54.1 Å². The van der Waals surface area contributed by atoms with E-state index >= 15 is 0 Å². The van der Waals surface area contributed by atoms with Crippen molar-refractivity contribution in [2.24, 2.45) is 0 Å². The van der Waals surface area contributed by atoms with E-state index in [1.165, 1.54) is 19.9 Å². The summed E-state index contributed by atoms with van der Waals surface area (Å²) in [7, 11) is 0. The van der Waals surface area contributed by atoms with Crippen LogP contribution in [0.4, 0.5) is 11.4 Å². The van der Waals surface area contributed by atoms with Crippen LogP contribution in [0.3, 0.4) is 0 Å². The summed E-state index contributed by atoms with van der Waals surface area (Å²) >= 11 is 0. The summed E-state index contributed by atoms with van der Waals surface area (Å²) in [6.45, 7) is 2.72. The number of nitrogens with one attached hydrogen (secondary N) is 2. The van der Waals surface area contributed by atoms with Crippen LogP contribution < -0.4 is 15.4 Å². The summed E-state index contributed by atoms with van der Waals surface area (Å²) in [6, 6.07) is 13.1. The number of benzene rings is 2. The van der Waals surface area contributed by atoms with Gasteiger partial charge in [-0.25, -0.2) is 0 Å². The summed E-state index contributed by atoms with van der Waals surface area (Å²) in [6.07, 6.45) is 0. The van der Waals surface area contributed by atoms with Crippen molar-refractivity contribution < 1.29 is 19.1 Å². The van der Waals surface area contributed by atoms with E-state index in [2.05, 4.69) is 10.6 Å². The molecule has 0 spiro atoms. The second kappa shape index (κ2) is 7.22. The van der Waals surface area contributed by atoms with E-state index in [4.69, 9.17) is 4.74 Å². The van der Waals surface area contributed by atoms with Crippen LogP contribution in [0, 0.1) is 0 Å². The fraction of sp³-hybridized carbons (Fsp3) is 0.118. The molecule has 2 rings (SSSR count). The number of carbonyl (C=O) groups excluding carboxylic acids is 3. The number of anilines is 2. The van der Waals surface area contributed by atoms with E-state index in [9.17, 15) is 14.4 Å². The van der Waals surface area contributed by atoms with E-state index in [0.29, 0.717) is 22.7 Å². The van der Waals surface area contributed by atoms with Crippen molar-refractivity contribution in [1.29, 1.82) is 0 Å². The van der Waals surface area contributed by atoms with Gasteiger partial charge in [0, 0.05) is 30.8 Å². The van der Waals surface area contributed by atoms with E-state index in [0.717, 1.165) is 0 Å². The van der Waals surface area contributed by atoms with Gasteiger partial charge in [-0.15, -0.1) is 0 Å². The molecular formula is C17H16N2O4. The lowest BCUT2D eigenvalue weighted by Crippen LogP contribution is -2.12. The topological polar surface area (TPSA) is 84.5 Å². The Kier molecular flexibility index (Phi) is 5.09. The van der Waals surface area contributed by atoms with Crippen molar-refractivity contribution in [1.82, 2.24) is 0 Å². The van der Waals surface area contributed by atoms with E-state index in [1.807, 2.05) is 0 Å². The molecule has 2 aromatic rings. The molecule has 0 atom stereocenters. The lowest BCUT2D eigenvalue weighted by atomic mass is 10.2. The number of rotatable bonds is 4. The number of carbonyl (C=O) groups is 3. The summed E-state index contributed by atoms with van der Waals surface area (Å²) < 4.78 is 4.95. The molecule has 23 heavy (non-hydrogen) atoms. The summed E-state index contributed by atoms with van der Waals surface area (Å²) in [5, 5.41) is 5.37. The van der Waals surface area contributed by atoms with Gasteiger partial charge < -0.3 is 15.4 Å². The van der Waals surface area contributed by atoms with Crippen LogP contribution in [0.5, 0.6) is 5.75 Å². The first-order valence-corrected chi connectivity index (χ1v) is 6.91. The minimum Gasteiger partial charge on any atom is -0.427 e. The lowest BCUT2D eigenvalue weighted by Gasteiger charge is -2.08. The SMILES string of the molecule is CC(=O)Nc1ccc(NC(=O)c2cccc(OC(C)=O)c2)cc1. The van der Waals surface area contributed by atoms with Gasteiger partial charge in [0.2, 0.25) is 5.91 Å². The van der Waals surface area contributed by atoms with Crippen molar-refractivity contribution in [3.63, 3.8) is 0 Å². The lowest BCUT2D eigenvalue weighted by molar-refractivity contribution is -0.131. The fourth-order valence-corrected chi connectivity index (χ4v) is 1.91. The van der Waals surface area contributed by atoms with Crippen LogP contribution in [0.15, 0.2) is 48.5 Å². The van der Waals surface area contributed by atoms with Crippen molar-refractivity contribution in [2.75, 3.05) is 10.6 Å². The van der Waals surface area contributed by atoms with Crippen LogP contribution >= 0.6 is 0 Å². The predicted molar refractivity (Wildman–Crippen MR) is 86.4 cm³/mol. The molecule has 0 bridgehead atoms. The van der Waals surface area contributed by atoms with Crippen LogP contribution in [0.1, 0.15) is 24.2 Å². The molecule has 0 fully saturated rings. The van der Waals surface area contributed by atoms with Crippen LogP contribution in [0.25, 0.3) is 0 Å². The Hall–Kier alpha value is -3.15. The molecule has 0 saturated carbocycles. The number of hydrogen-bond donors (Lipinski definition) is 2. The third-order valence-corrected chi connectivity index (χ3v) is 2.82. The van der Waals surface area contributed by atoms with E-state index in [-0.39, 0.29) is 11.8 Å². The average Bonchev–Trinajstić information content (AvgIpc) is 2.48. The van der Waals surface area contributed by atoms with E-state index in [1.54, 1.807) is 42.5 Å². The summed E-state index contributed by atoms with van der Waals surface area (Å²) in [5.41, 5.74) is 1.60. The molecular weight excluding hydrogens is 296 g/mol. The fourth-order valence-electron chi connectivity index (χ4n) is 1.91. The zero-order chi connectivity index (χ0) is 16.8. The molecule has 0 heterocycles. The number of hydrogen-bond acceptors (Lipinski definition) is 4. The molecule has 2 aromatic carbocycles. The van der Waals surface area contributed by atoms with E-state index < -0.39 is 5.97 Å². The Balaban J connectivity index is 2.06. The number of ether oxygens (including phenoxy) is 1. The smallest absolute Gasteiger partial charge is 0.308 e. The molecule has 0 unspecified atom stereocenters. The molecule has 0 aliphatic rings. The standard InChI is InChI=1S/C17H16N2O4/c1-11(20)18-14-6-8-15(9-7-14)19-17(22)13-4-3-5-16(10-13)23-12(2)21/h3-10H,1-2H3,(H,18,20)(H,19,22). The van der Waals surface area contributed by atoms with Gasteiger partial charge in [-0.1, -0.05) is 6.07 Å². The normalized spacial score (nSPS) is 9.83. The molecule has 0 aliphatic carbocycles. The molecule has 6 nitrogen and oxygen atoms in total. The molecule has 0 radical (unpaired) electrons. The van der Waals surface area contributed by atoms with Crippen LogP contribution in [-0.4, -0.2) is 17.8 Å². The Bertz CT molecular complexity index is 739. The third kappa shape index (κ3) is 4.96. The molecule has 0 aromatic heterocycles. The van der Waals surface area contributed by atoms with Crippen molar-refractivity contribution in [2.45, 2.75) is 13.8 Å². The average molecular weight is 312 g/mol. The summed E-state index contributed by atoms with van der Waals surface area (Å²) in [4.78, 5) is 34.1. The maximum Gasteiger partial charge on any atom is 0.308 e. The van der Waals surface area contributed by atoms with Gasteiger partial charge in [-0.3, -0.25) is 14.4 Å². The molecule has 118 valence electrons. The highest BCUT2D eigenvalue weighted by Gasteiger charge is 2.08. The van der Waals surface area contributed by atoms with Gasteiger partial charge in [0.1, 0.15) is 5.75 Å². The second-order valence-electron chi connectivity index (χ2n) is 4.83. The predicted octanol–water partition coefficient (Wildman–Crippen LogP) is 2.82. The zero-order valence-electron chi connectivity index (χ0n) is 12.8. The molecule has 2 N–H and O–H groups in total. The summed E-state index contributed by atoms with van der Waals surface area (Å²) in [5.74, 6) is -0.627. The Morgan fingerprint density at radius 3 is 2.04 bits per heavy atom. The molecule has 0 aliphatic heterocycles. The van der Waals surface area contributed by atoms with Crippen LogP contribution in [0.2, 0.25) is 0 Å². The first-order valence-electron chi connectivity index (χ1n) is 6.91. The quantitative estimate of drug-likeness (QED) is 0.671. The Morgan fingerprint density at radius 1 is 0.870 bits per heavy atom. The van der Waals surface area contributed by atoms with Gasteiger partial charge in [0.15, 0.2) is 0 Å². The largest absolute Gasteiger partial charge is 0.427 e. The Morgan fingerprint density at radius 2 is 1.48 bits per heavy atom. The third-order valence-electron chi connectivity index (χ3n) is 2.82. The molecule has 6 heteroatoms. The highest BCUT2D eigenvalue weighted by atomic mass is 16.5. The molecule has 0 saturated heterocycles. The minimum absolute atomic E-state index is 0.163. The first-order chi connectivity index (χ1) is 10.9. The molecule has 2 amide bonds. The highest BCUT2D eigenvalue weighted by Crippen LogP contribution is 2.17. The van der Waals surface area contributed by atoms with Gasteiger partial charge in [0.25, 0.3) is 5.91 Å². The van der Waals surface area contributed by atoms with Crippen LogP contribution in [-0.2, 0) is 9.59 Å². The van der Waals surface area contributed by atoms with Gasteiger partial charge in [-0.05, 0) is 42.5 Å². The Labute approximate surface area is 133 Å². The maximum atomic E-state index is 12.2. The second-order valence-corrected chi connectivity index (χ2v) is 4.83. The highest BCUT2D eigenvalue weighted by molar-refractivity contribution is 6.04. The van der Waals surface area contributed by atoms with Crippen molar-refractivity contribution in [3.8, 4) is 5.75 Å². The van der Waals surface area contributed by atoms with Crippen molar-refractivity contribution >= 4 is 29.2 Å². The first kappa shape index (κ1) is 16.2.